The van der Waals surface area contributed by atoms with Crippen molar-refractivity contribution in [3.8, 4) is 17.2 Å². The Labute approximate surface area is 176 Å². The van der Waals surface area contributed by atoms with Crippen molar-refractivity contribution in [2.45, 2.75) is 26.3 Å². The van der Waals surface area contributed by atoms with Gasteiger partial charge in [0, 0.05) is 6.42 Å². The van der Waals surface area contributed by atoms with E-state index in [0.717, 1.165) is 12.0 Å². The Hall–Kier alpha value is -3.22. The van der Waals surface area contributed by atoms with Gasteiger partial charge in [-0.2, -0.15) is 0 Å². The van der Waals surface area contributed by atoms with Crippen LogP contribution in [0.5, 0.6) is 17.2 Å². The molecule has 0 saturated carbocycles. The van der Waals surface area contributed by atoms with E-state index in [4.69, 9.17) is 18.9 Å². The van der Waals surface area contributed by atoms with Gasteiger partial charge in [-0.05, 0) is 35.7 Å². The predicted molar refractivity (Wildman–Crippen MR) is 111 cm³/mol. The van der Waals surface area contributed by atoms with E-state index >= 15 is 0 Å². The summed E-state index contributed by atoms with van der Waals surface area (Å²) >= 11 is 0. The summed E-state index contributed by atoms with van der Waals surface area (Å²) in [5.41, 5.74) is 1.18. The number of hydrogen-bond donors (Lipinski definition) is 1. The minimum atomic E-state index is -0.612. The Bertz CT molecular complexity index is 895. The molecule has 1 aliphatic heterocycles. The molecule has 0 aliphatic carbocycles. The first kappa shape index (κ1) is 21.5. The lowest BCUT2D eigenvalue weighted by Gasteiger charge is -2.24. The molecule has 0 radical (unpaired) electrons. The highest BCUT2D eigenvalue weighted by molar-refractivity contribution is 5.94. The summed E-state index contributed by atoms with van der Waals surface area (Å²) in [4.78, 5) is 24.8. The monoisotopic (exact) mass is 413 g/mol. The molecule has 0 unspecified atom stereocenters. The van der Waals surface area contributed by atoms with Gasteiger partial charge < -0.3 is 24.3 Å². The second-order valence-electron chi connectivity index (χ2n) is 7.32. The molecule has 2 aromatic carbocycles. The van der Waals surface area contributed by atoms with Gasteiger partial charge in [-0.3, -0.25) is 4.79 Å². The molecule has 1 amide bonds. The van der Waals surface area contributed by atoms with Gasteiger partial charge in [0.05, 0.1) is 26.4 Å². The highest BCUT2D eigenvalue weighted by atomic mass is 16.5. The van der Waals surface area contributed by atoms with Crippen LogP contribution in [0.25, 0.3) is 0 Å². The Morgan fingerprint density at radius 3 is 2.53 bits per heavy atom. The normalized spacial score (nSPS) is 13.9. The number of esters is 1. The first-order valence-electron chi connectivity index (χ1n) is 9.98. The van der Waals surface area contributed by atoms with Crippen molar-refractivity contribution >= 4 is 11.9 Å². The first-order chi connectivity index (χ1) is 14.5. The van der Waals surface area contributed by atoms with Gasteiger partial charge in [-0.25, -0.2) is 4.79 Å². The fourth-order valence-corrected chi connectivity index (χ4v) is 3.25. The molecule has 0 spiro atoms. The summed E-state index contributed by atoms with van der Waals surface area (Å²) in [5.74, 6) is 0.894. The molecule has 1 N–H and O–H groups in total. The fourth-order valence-electron chi connectivity index (χ4n) is 3.25. The molecule has 30 heavy (non-hydrogen) atoms. The average molecular weight is 413 g/mol. The second-order valence-corrected chi connectivity index (χ2v) is 7.32. The predicted octanol–water partition coefficient (Wildman–Crippen LogP) is 3.53. The second kappa shape index (κ2) is 10.0. The number of ether oxygens (including phenoxy) is 4. The summed E-state index contributed by atoms with van der Waals surface area (Å²) in [5, 5.41) is 2.95. The van der Waals surface area contributed by atoms with Crippen LogP contribution >= 0.6 is 0 Å². The number of fused-ring (bicyclic) bond motifs is 1. The quantitative estimate of drug-likeness (QED) is 0.700. The number of rotatable bonds is 7. The third-order valence-electron chi connectivity index (χ3n) is 4.78. The number of para-hydroxylation sites is 1. The largest absolute Gasteiger partial charge is 0.496 e. The Morgan fingerprint density at radius 2 is 1.80 bits per heavy atom. The highest BCUT2D eigenvalue weighted by Gasteiger charge is 2.22. The Morgan fingerprint density at radius 1 is 1.07 bits per heavy atom. The molecule has 2 aromatic rings. The minimum absolute atomic E-state index is 0.114. The molecule has 0 fully saturated rings. The van der Waals surface area contributed by atoms with Crippen LogP contribution in [-0.4, -0.2) is 38.8 Å². The molecule has 0 aromatic heterocycles. The van der Waals surface area contributed by atoms with Gasteiger partial charge in [0.25, 0.3) is 5.91 Å². The molecule has 1 atom stereocenters. The zero-order chi connectivity index (χ0) is 21.5. The summed E-state index contributed by atoms with van der Waals surface area (Å²) in [6.45, 7) is 4.84. The molecule has 7 heteroatoms. The van der Waals surface area contributed by atoms with Crippen molar-refractivity contribution in [2.24, 2.45) is 5.92 Å². The van der Waals surface area contributed by atoms with E-state index in [1.807, 2.05) is 32.0 Å². The number of carbonyl (C=O) groups excluding carboxylic acids is 2. The number of nitrogens with one attached hydrogen (secondary N) is 1. The van der Waals surface area contributed by atoms with Gasteiger partial charge in [0.1, 0.15) is 11.3 Å². The molecular weight excluding hydrogens is 386 g/mol. The standard InChI is InChI=1S/C23H27NO6/c1-15(2)22(16-9-10-19-20(13-16)29-12-6-11-28-19)24-21(25)14-30-23(26)17-7-4-5-8-18(17)27-3/h4-5,7-10,13,15,22H,6,11-12,14H2,1-3H3,(H,24,25)/t22-/m1/s1. The Kier molecular flexibility index (Phi) is 7.17. The van der Waals surface area contributed by atoms with Crippen molar-refractivity contribution in [3.05, 3.63) is 53.6 Å². The summed E-state index contributed by atoms with van der Waals surface area (Å²) in [7, 11) is 1.47. The van der Waals surface area contributed by atoms with Crippen LogP contribution in [-0.2, 0) is 9.53 Å². The van der Waals surface area contributed by atoms with Crippen LogP contribution in [0, 0.1) is 5.92 Å². The zero-order valence-electron chi connectivity index (χ0n) is 17.5. The maximum Gasteiger partial charge on any atom is 0.342 e. The summed E-state index contributed by atoms with van der Waals surface area (Å²) in [6.07, 6.45) is 0.825. The van der Waals surface area contributed by atoms with Gasteiger partial charge >= 0.3 is 5.97 Å². The van der Waals surface area contributed by atoms with Crippen LogP contribution in [0.2, 0.25) is 0 Å². The van der Waals surface area contributed by atoms with Crippen LogP contribution in [0.3, 0.4) is 0 Å². The third-order valence-corrected chi connectivity index (χ3v) is 4.78. The number of benzene rings is 2. The van der Waals surface area contributed by atoms with E-state index in [9.17, 15) is 9.59 Å². The molecule has 0 bridgehead atoms. The van der Waals surface area contributed by atoms with E-state index < -0.39 is 5.97 Å². The van der Waals surface area contributed by atoms with Crippen LogP contribution in [0.15, 0.2) is 42.5 Å². The van der Waals surface area contributed by atoms with Gasteiger partial charge in [0.2, 0.25) is 0 Å². The molecule has 7 nitrogen and oxygen atoms in total. The molecule has 1 heterocycles. The highest BCUT2D eigenvalue weighted by Crippen LogP contribution is 2.34. The maximum absolute atomic E-state index is 12.5. The Balaban J connectivity index is 1.64. The molecular formula is C23H27NO6. The molecule has 160 valence electrons. The number of carbonyl (C=O) groups is 2. The summed E-state index contributed by atoms with van der Waals surface area (Å²) in [6, 6.07) is 12.1. The number of hydrogen-bond acceptors (Lipinski definition) is 6. The minimum Gasteiger partial charge on any atom is -0.496 e. The SMILES string of the molecule is COc1ccccc1C(=O)OCC(=O)N[C@@H](c1ccc2c(c1)OCCCO2)C(C)C. The zero-order valence-corrected chi connectivity index (χ0v) is 17.5. The smallest absolute Gasteiger partial charge is 0.342 e. The first-order valence-corrected chi connectivity index (χ1v) is 9.98. The van der Waals surface area contributed by atoms with Crippen LogP contribution < -0.4 is 19.5 Å². The van der Waals surface area contributed by atoms with Crippen molar-refractivity contribution in [2.75, 3.05) is 26.9 Å². The lowest BCUT2D eigenvalue weighted by molar-refractivity contribution is -0.125. The van der Waals surface area contributed by atoms with Gasteiger partial charge in [-0.1, -0.05) is 32.0 Å². The van der Waals surface area contributed by atoms with Gasteiger partial charge in [-0.15, -0.1) is 0 Å². The number of amides is 1. The van der Waals surface area contributed by atoms with Crippen LogP contribution in [0.4, 0.5) is 0 Å². The molecule has 3 rings (SSSR count). The van der Waals surface area contributed by atoms with Gasteiger partial charge in [0.15, 0.2) is 18.1 Å². The lowest BCUT2D eigenvalue weighted by atomic mass is 9.95. The van der Waals surface area contributed by atoms with Crippen molar-refractivity contribution in [1.29, 1.82) is 0 Å². The van der Waals surface area contributed by atoms with E-state index in [1.165, 1.54) is 7.11 Å². The maximum atomic E-state index is 12.5. The molecule has 1 aliphatic rings. The van der Waals surface area contributed by atoms with Crippen molar-refractivity contribution in [3.63, 3.8) is 0 Å². The lowest BCUT2D eigenvalue weighted by Crippen LogP contribution is -2.35. The number of methoxy groups -OCH3 is 1. The van der Waals surface area contributed by atoms with E-state index in [1.54, 1.807) is 24.3 Å². The van der Waals surface area contributed by atoms with E-state index in [2.05, 4.69) is 5.32 Å². The van der Waals surface area contributed by atoms with E-state index in [0.29, 0.717) is 30.5 Å². The topological polar surface area (TPSA) is 83.1 Å². The van der Waals surface area contributed by atoms with Crippen molar-refractivity contribution in [1.82, 2.24) is 5.32 Å². The fraction of sp³-hybridized carbons (Fsp3) is 0.391. The van der Waals surface area contributed by atoms with E-state index in [-0.39, 0.29) is 30.0 Å². The summed E-state index contributed by atoms with van der Waals surface area (Å²) < 4.78 is 21.8. The average Bonchev–Trinajstić information content (AvgIpc) is 3.00. The molecule has 0 saturated heterocycles. The van der Waals surface area contributed by atoms with Crippen molar-refractivity contribution < 1.29 is 28.5 Å². The third kappa shape index (κ3) is 5.23. The van der Waals surface area contributed by atoms with Crippen LogP contribution in [0.1, 0.15) is 42.2 Å².